The number of nitrogens with zero attached hydrogens (tertiary/aromatic N) is 1. The smallest absolute Gasteiger partial charge is 0.186 e. The molecule has 0 unspecified atom stereocenters. The molecule has 2 N–H and O–H groups in total. The van der Waals surface area contributed by atoms with Crippen LogP contribution < -0.4 is 15.5 Å². The highest BCUT2D eigenvalue weighted by atomic mass is 32.1. The van der Waals surface area contributed by atoms with Gasteiger partial charge >= 0.3 is 0 Å². The predicted octanol–water partition coefficient (Wildman–Crippen LogP) is 3.26. The molecule has 128 valence electrons. The average Bonchev–Trinajstić information content (AvgIpc) is 3.08. The molecule has 0 amide bonds. The summed E-state index contributed by atoms with van der Waals surface area (Å²) in [5.74, 6) is 0.854. The van der Waals surface area contributed by atoms with Crippen LogP contribution in [0.15, 0.2) is 41.5 Å². The number of nitrogens with one attached hydrogen (secondary N) is 2. The van der Waals surface area contributed by atoms with Gasteiger partial charge in [-0.2, -0.15) is 5.10 Å². The molecule has 0 aliphatic rings. The van der Waals surface area contributed by atoms with Crippen molar-refractivity contribution in [2.75, 3.05) is 27.4 Å². The van der Waals surface area contributed by atoms with Gasteiger partial charge in [-0.15, -0.1) is 11.3 Å². The summed E-state index contributed by atoms with van der Waals surface area (Å²) in [6.45, 7) is 1.47. The molecule has 1 aromatic heterocycles. The van der Waals surface area contributed by atoms with Crippen LogP contribution in [0.3, 0.4) is 0 Å². The first-order chi connectivity index (χ1) is 11.7. The average molecular weight is 364 g/mol. The Morgan fingerprint density at radius 2 is 2.00 bits per heavy atom. The van der Waals surface area contributed by atoms with E-state index >= 15 is 0 Å². The fraction of sp³-hybridized carbons (Fsp3) is 0.294. The molecule has 5 nitrogen and oxygen atoms in total. The Labute approximate surface area is 151 Å². The molecule has 2 aromatic rings. The number of hydrogen-bond donors (Lipinski definition) is 2. The van der Waals surface area contributed by atoms with E-state index in [0.717, 1.165) is 29.2 Å². The van der Waals surface area contributed by atoms with E-state index in [-0.39, 0.29) is 0 Å². The highest BCUT2D eigenvalue weighted by molar-refractivity contribution is 7.80. The number of ether oxygens (including phenoxy) is 2. The lowest BCUT2D eigenvalue weighted by atomic mass is 10.2. The standard InChI is InChI=1S/C17H21N3O2S2/c1-21-11-3-10-18-17(23)20-19-12-15-8-9-16(24-15)13-4-6-14(22-2)7-5-13/h4-9,12H,3,10-11H2,1-2H3,(H2,18,20,23)/b19-12-. The van der Waals surface area contributed by atoms with Crippen molar-refractivity contribution >= 4 is 34.9 Å². The monoisotopic (exact) mass is 363 g/mol. The predicted molar refractivity (Wildman–Crippen MR) is 104 cm³/mol. The molecular formula is C17H21N3O2S2. The van der Waals surface area contributed by atoms with Gasteiger partial charge in [-0.05, 0) is 60.6 Å². The number of hydrogen-bond acceptors (Lipinski definition) is 5. The normalized spacial score (nSPS) is 10.8. The maximum atomic E-state index is 5.18. The first-order valence-corrected chi connectivity index (χ1v) is 8.75. The van der Waals surface area contributed by atoms with Crippen LogP contribution in [0.4, 0.5) is 0 Å². The van der Waals surface area contributed by atoms with Crippen molar-refractivity contribution in [2.45, 2.75) is 6.42 Å². The van der Waals surface area contributed by atoms with Gasteiger partial charge in [0.15, 0.2) is 5.11 Å². The van der Waals surface area contributed by atoms with Crippen LogP contribution in [-0.4, -0.2) is 38.7 Å². The van der Waals surface area contributed by atoms with Crippen molar-refractivity contribution in [3.8, 4) is 16.2 Å². The largest absolute Gasteiger partial charge is 0.497 e. The molecule has 1 aromatic carbocycles. The Bertz CT molecular complexity index is 669. The minimum atomic E-state index is 0.509. The van der Waals surface area contributed by atoms with Crippen molar-refractivity contribution in [1.82, 2.24) is 10.7 Å². The second kappa shape index (κ2) is 10.0. The summed E-state index contributed by atoms with van der Waals surface area (Å²) in [4.78, 5) is 2.23. The van der Waals surface area contributed by atoms with Gasteiger partial charge < -0.3 is 14.8 Å². The van der Waals surface area contributed by atoms with Gasteiger partial charge in [0.25, 0.3) is 0 Å². The van der Waals surface area contributed by atoms with Gasteiger partial charge in [0.2, 0.25) is 0 Å². The number of benzene rings is 1. The minimum Gasteiger partial charge on any atom is -0.497 e. The van der Waals surface area contributed by atoms with Crippen LogP contribution in [0, 0.1) is 0 Å². The van der Waals surface area contributed by atoms with Crippen molar-refractivity contribution in [2.24, 2.45) is 5.10 Å². The summed E-state index contributed by atoms with van der Waals surface area (Å²) < 4.78 is 10.2. The van der Waals surface area contributed by atoms with Gasteiger partial charge in [-0.25, -0.2) is 0 Å². The van der Waals surface area contributed by atoms with Crippen LogP contribution in [0.25, 0.3) is 10.4 Å². The fourth-order valence-electron chi connectivity index (χ4n) is 1.95. The molecule has 2 rings (SSSR count). The van der Waals surface area contributed by atoms with E-state index in [9.17, 15) is 0 Å². The van der Waals surface area contributed by atoms with Crippen LogP contribution in [-0.2, 0) is 4.74 Å². The van der Waals surface area contributed by atoms with E-state index in [1.54, 1.807) is 31.8 Å². The van der Waals surface area contributed by atoms with Crippen molar-refractivity contribution < 1.29 is 9.47 Å². The summed E-state index contributed by atoms with van der Waals surface area (Å²) in [6, 6.07) is 12.1. The lowest BCUT2D eigenvalue weighted by molar-refractivity contribution is 0.195. The number of rotatable bonds is 8. The quantitative estimate of drug-likeness (QED) is 0.326. The van der Waals surface area contributed by atoms with E-state index in [1.807, 2.05) is 30.3 Å². The van der Waals surface area contributed by atoms with Crippen molar-refractivity contribution in [1.29, 1.82) is 0 Å². The van der Waals surface area contributed by atoms with Crippen LogP contribution in [0.5, 0.6) is 5.75 Å². The van der Waals surface area contributed by atoms with E-state index in [0.29, 0.717) is 11.7 Å². The molecular weight excluding hydrogens is 342 g/mol. The molecule has 0 aliphatic heterocycles. The van der Waals surface area contributed by atoms with Crippen molar-refractivity contribution in [3.63, 3.8) is 0 Å². The maximum Gasteiger partial charge on any atom is 0.186 e. The molecule has 0 saturated heterocycles. The van der Waals surface area contributed by atoms with Gasteiger partial charge in [0.1, 0.15) is 5.75 Å². The van der Waals surface area contributed by atoms with Crippen LogP contribution >= 0.6 is 23.6 Å². The van der Waals surface area contributed by atoms with Gasteiger partial charge in [0.05, 0.1) is 13.3 Å². The van der Waals surface area contributed by atoms with E-state index < -0.39 is 0 Å². The highest BCUT2D eigenvalue weighted by Gasteiger charge is 2.02. The second-order valence-electron chi connectivity index (χ2n) is 4.90. The number of hydrazone groups is 1. The summed E-state index contributed by atoms with van der Waals surface area (Å²) in [6.07, 6.45) is 2.67. The molecule has 1 heterocycles. The second-order valence-corrected chi connectivity index (χ2v) is 6.43. The lowest BCUT2D eigenvalue weighted by Gasteiger charge is -2.05. The summed E-state index contributed by atoms with van der Waals surface area (Å²) >= 11 is 6.80. The summed E-state index contributed by atoms with van der Waals surface area (Å²) in [5, 5.41) is 7.73. The molecule has 0 fully saturated rings. The topological polar surface area (TPSA) is 54.9 Å². The number of methoxy groups -OCH3 is 2. The molecule has 0 saturated carbocycles. The van der Waals surface area contributed by atoms with Gasteiger partial charge in [0, 0.05) is 30.0 Å². The Morgan fingerprint density at radius 1 is 1.21 bits per heavy atom. The summed E-state index contributed by atoms with van der Waals surface area (Å²) in [7, 11) is 3.35. The maximum absolute atomic E-state index is 5.18. The zero-order chi connectivity index (χ0) is 17.2. The zero-order valence-electron chi connectivity index (χ0n) is 13.7. The molecule has 0 bridgehead atoms. The molecule has 0 atom stereocenters. The first-order valence-electron chi connectivity index (χ1n) is 7.53. The van der Waals surface area contributed by atoms with E-state index in [2.05, 4.69) is 21.9 Å². The third-order valence-corrected chi connectivity index (χ3v) is 4.47. The van der Waals surface area contributed by atoms with Crippen LogP contribution in [0.2, 0.25) is 0 Å². The lowest BCUT2D eigenvalue weighted by Crippen LogP contribution is -2.33. The molecule has 0 aliphatic carbocycles. The Morgan fingerprint density at radius 3 is 2.71 bits per heavy atom. The fourth-order valence-corrected chi connectivity index (χ4v) is 2.99. The van der Waals surface area contributed by atoms with Gasteiger partial charge in [-0.3, -0.25) is 5.43 Å². The zero-order valence-corrected chi connectivity index (χ0v) is 15.4. The Kier molecular flexibility index (Phi) is 7.67. The SMILES string of the molecule is COCCCNC(=S)N/N=C\c1ccc(-c2ccc(OC)cc2)s1. The van der Waals surface area contributed by atoms with E-state index in [1.165, 1.54) is 4.88 Å². The minimum absolute atomic E-state index is 0.509. The third kappa shape index (κ3) is 5.92. The molecule has 0 spiro atoms. The number of thiocarbonyl (C=S) groups is 1. The van der Waals surface area contributed by atoms with Gasteiger partial charge in [-0.1, -0.05) is 0 Å². The highest BCUT2D eigenvalue weighted by Crippen LogP contribution is 2.28. The Hall–Kier alpha value is -1.96. The summed E-state index contributed by atoms with van der Waals surface area (Å²) in [5.41, 5.74) is 3.97. The molecule has 24 heavy (non-hydrogen) atoms. The first kappa shape index (κ1) is 18.4. The van der Waals surface area contributed by atoms with Crippen LogP contribution in [0.1, 0.15) is 11.3 Å². The van der Waals surface area contributed by atoms with E-state index in [4.69, 9.17) is 21.7 Å². The number of thiophene rings is 1. The van der Waals surface area contributed by atoms with Crippen molar-refractivity contribution in [3.05, 3.63) is 41.3 Å². The third-order valence-electron chi connectivity index (χ3n) is 3.17. The Balaban J connectivity index is 1.83. The molecule has 7 heteroatoms. The molecule has 0 radical (unpaired) electrons.